The lowest BCUT2D eigenvalue weighted by Crippen LogP contribution is -2.60. The van der Waals surface area contributed by atoms with Gasteiger partial charge >= 0.3 is 0 Å². The molecule has 0 aromatic heterocycles. The van der Waals surface area contributed by atoms with Gasteiger partial charge in [0.25, 0.3) is 0 Å². The molecule has 1 aliphatic rings. The molecule has 0 bridgehead atoms. The zero-order valence-corrected chi connectivity index (χ0v) is 25.1. The number of amides is 1. The van der Waals surface area contributed by atoms with Gasteiger partial charge in [0.1, 0.15) is 30.5 Å². The van der Waals surface area contributed by atoms with Gasteiger partial charge in [-0.1, -0.05) is 84.0 Å². The largest absolute Gasteiger partial charge is 0.394 e. The van der Waals surface area contributed by atoms with Gasteiger partial charge in [0.2, 0.25) is 5.91 Å². The van der Waals surface area contributed by atoms with Gasteiger partial charge < -0.3 is 45.4 Å². The van der Waals surface area contributed by atoms with Crippen LogP contribution in [0.15, 0.2) is 0 Å². The number of aliphatic hydroxyl groups is 6. The van der Waals surface area contributed by atoms with E-state index >= 15 is 0 Å². The van der Waals surface area contributed by atoms with E-state index in [4.69, 9.17) is 21.1 Å². The number of carbonyl (C=O) groups is 1. The Morgan fingerprint density at radius 3 is 1.98 bits per heavy atom. The Morgan fingerprint density at radius 2 is 1.43 bits per heavy atom. The SMILES string of the molecule is CCCCCCCCCCCCCC[C@@H](O)[C@@H](O)[C@H](CO[C@H]1O[C@H](CO)[C@H](O)[C@H](O)[C@H]1O)NC(=O)CCCCCl. The number of carbonyl (C=O) groups excluding carboxylic acids is 1. The normalized spacial score (nSPS) is 25.4. The maximum atomic E-state index is 12.4. The minimum Gasteiger partial charge on any atom is -0.394 e. The second kappa shape index (κ2) is 23.0. The fourth-order valence-electron chi connectivity index (χ4n) is 4.92. The van der Waals surface area contributed by atoms with Crippen molar-refractivity contribution in [2.24, 2.45) is 0 Å². The van der Waals surface area contributed by atoms with Crippen LogP contribution in [-0.4, -0.2) is 105 Å². The van der Waals surface area contributed by atoms with E-state index in [2.05, 4.69) is 12.2 Å². The van der Waals surface area contributed by atoms with Crippen LogP contribution in [0.2, 0.25) is 0 Å². The molecule has 238 valence electrons. The predicted molar refractivity (Wildman–Crippen MR) is 154 cm³/mol. The highest BCUT2D eigenvalue weighted by atomic mass is 35.5. The first-order valence-corrected chi connectivity index (χ1v) is 15.9. The molecule has 1 amide bonds. The third-order valence-electron chi connectivity index (χ3n) is 7.58. The Hall–Kier alpha value is -0.560. The second-order valence-electron chi connectivity index (χ2n) is 11.1. The topological polar surface area (TPSA) is 169 Å². The summed E-state index contributed by atoms with van der Waals surface area (Å²) >= 11 is 5.68. The molecule has 1 heterocycles. The number of aliphatic hydroxyl groups excluding tert-OH is 6. The third-order valence-corrected chi connectivity index (χ3v) is 7.85. The van der Waals surface area contributed by atoms with E-state index in [1.165, 1.54) is 51.4 Å². The van der Waals surface area contributed by atoms with Crippen molar-refractivity contribution in [3.63, 3.8) is 0 Å². The molecular weight excluding hydrogens is 542 g/mol. The summed E-state index contributed by atoms with van der Waals surface area (Å²) in [5.41, 5.74) is 0. The molecule has 0 saturated carbocycles. The summed E-state index contributed by atoms with van der Waals surface area (Å²) in [6, 6.07) is -1.01. The van der Waals surface area contributed by atoms with Crippen LogP contribution in [-0.2, 0) is 14.3 Å². The molecule has 1 fully saturated rings. The molecule has 10 nitrogen and oxygen atoms in total. The van der Waals surface area contributed by atoms with Crippen molar-refractivity contribution >= 4 is 17.5 Å². The third kappa shape index (κ3) is 15.1. The molecule has 1 rings (SSSR count). The van der Waals surface area contributed by atoms with Crippen LogP contribution in [0.4, 0.5) is 0 Å². The summed E-state index contributed by atoms with van der Waals surface area (Å²) in [5, 5.41) is 63.8. The summed E-state index contributed by atoms with van der Waals surface area (Å²) in [4.78, 5) is 12.4. The molecule has 7 N–H and O–H groups in total. The van der Waals surface area contributed by atoms with Gasteiger partial charge in [-0.25, -0.2) is 0 Å². The van der Waals surface area contributed by atoms with E-state index in [9.17, 15) is 35.4 Å². The van der Waals surface area contributed by atoms with Gasteiger partial charge in [0.05, 0.1) is 25.4 Å². The molecule has 0 aromatic rings. The van der Waals surface area contributed by atoms with Crippen molar-refractivity contribution in [3.8, 4) is 0 Å². The number of halogens is 1. The Morgan fingerprint density at radius 1 is 0.850 bits per heavy atom. The number of alkyl halides is 1. The first-order valence-electron chi connectivity index (χ1n) is 15.4. The molecule has 0 aliphatic carbocycles. The fourth-order valence-corrected chi connectivity index (χ4v) is 5.11. The summed E-state index contributed by atoms with van der Waals surface area (Å²) in [5.74, 6) is 0.0845. The number of unbranched alkanes of at least 4 members (excludes halogenated alkanes) is 12. The highest BCUT2D eigenvalue weighted by Crippen LogP contribution is 2.23. The zero-order chi connectivity index (χ0) is 29.8. The van der Waals surface area contributed by atoms with Crippen LogP contribution in [0, 0.1) is 0 Å². The number of hydrogen-bond acceptors (Lipinski definition) is 9. The molecule has 0 aromatic carbocycles. The number of ether oxygens (including phenoxy) is 2. The Kier molecular flexibility index (Phi) is 21.5. The van der Waals surface area contributed by atoms with Crippen LogP contribution < -0.4 is 5.32 Å². The van der Waals surface area contributed by atoms with E-state index in [0.29, 0.717) is 25.1 Å². The molecule has 11 heteroatoms. The highest BCUT2D eigenvalue weighted by Gasteiger charge is 2.44. The van der Waals surface area contributed by atoms with Gasteiger partial charge in [0, 0.05) is 12.3 Å². The molecule has 0 radical (unpaired) electrons. The molecule has 0 unspecified atom stereocenters. The van der Waals surface area contributed by atoms with E-state index in [-0.39, 0.29) is 18.9 Å². The minimum absolute atomic E-state index is 0.185. The van der Waals surface area contributed by atoms with E-state index in [0.717, 1.165) is 25.7 Å². The maximum Gasteiger partial charge on any atom is 0.220 e. The number of rotatable bonds is 24. The Bertz CT molecular complexity index is 630. The van der Waals surface area contributed by atoms with Crippen LogP contribution in [0.1, 0.15) is 110 Å². The molecule has 1 aliphatic heterocycles. The second-order valence-corrected chi connectivity index (χ2v) is 11.5. The van der Waals surface area contributed by atoms with Crippen molar-refractivity contribution in [3.05, 3.63) is 0 Å². The maximum absolute atomic E-state index is 12.4. The average Bonchev–Trinajstić information content (AvgIpc) is 2.95. The first-order chi connectivity index (χ1) is 19.3. The van der Waals surface area contributed by atoms with E-state index < -0.39 is 55.6 Å². The molecule has 1 saturated heterocycles. The summed E-state index contributed by atoms with van der Waals surface area (Å²) in [7, 11) is 0. The van der Waals surface area contributed by atoms with Crippen LogP contribution in [0.25, 0.3) is 0 Å². The lowest BCUT2D eigenvalue weighted by Gasteiger charge is -2.40. The van der Waals surface area contributed by atoms with Crippen molar-refractivity contribution in [1.82, 2.24) is 5.32 Å². The summed E-state index contributed by atoms with van der Waals surface area (Å²) in [6.07, 6.45) is 6.26. The average molecular weight is 598 g/mol. The standard InChI is InChI=1S/C29H56ClNO9/c1-2-3-4-5-6-7-8-9-10-11-12-13-16-22(33)25(35)21(31-24(34)17-14-15-18-30)20-39-29-28(38)27(37)26(36)23(19-32)40-29/h21-23,25-29,32-33,35-38H,2-20H2,1H3,(H,31,34)/t21-,22+,23+,25-,26-,27-,28+,29-/m0/s1. The Labute approximate surface area is 245 Å². The van der Waals surface area contributed by atoms with Gasteiger partial charge in [0.15, 0.2) is 6.29 Å². The number of hydrogen-bond donors (Lipinski definition) is 7. The van der Waals surface area contributed by atoms with Gasteiger partial charge in [-0.3, -0.25) is 4.79 Å². The molecule has 8 atom stereocenters. The molecular formula is C29H56ClNO9. The summed E-state index contributed by atoms with van der Waals surface area (Å²) < 4.78 is 10.9. The lowest BCUT2D eigenvalue weighted by atomic mass is 9.98. The number of nitrogens with one attached hydrogen (secondary N) is 1. The highest BCUT2D eigenvalue weighted by molar-refractivity contribution is 6.17. The van der Waals surface area contributed by atoms with Crippen LogP contribution >= 0.6 is 11.6 Å². The quantitative estimate of drug-likeness (QED) is 0.0652. The minimum atomic E-state index is -1.61. The zero-order valence-electron chi connectivity index (χ0n) is 24.3. The van der Waals surface area contributed by atoms with Crippen molar-refractivity contribution in [1.29, 1.82) is 0 Å². The van der Waals surface area contributed by atoms with E-state index in [1.54, 1.807) is 0 Å². The van der Waals surface area contributed by atoms with Crippen molar-refractivity contribution in [2.45, 2.75) is 159 Å². The van der Waals surface area contributed by atoms with Crippen LogP contribution in [0.5, 0.6) is 0 Å². The molecule has 0 spiro atoms. The Balaban J connectivity index is 2.49. The predicted octanol–water partition coefficient (Wildman–Crippen LogP) is 2.51. The van der Waals surface area contributed by atoms with E-state index in [1.807, 2.05) is 0 Å². The summed E-state index contributed by atoms with van der Waals surface area (Å²) in [6.45, 7) is 1.29. The van der Waals surface area contributed by atoms with Crippen molar-refractivity contribution < 1.29 is 44.9 Å². The van der Waals surface area contributed by atoms with Gasteiger partial charge in [-0.15, -0.1) is 11.6 Å². The van der Waals surface area contributed by atoms with Crippen LogP contribution in [0.3, 0.4) is 0 Å². The van der Waals surface area contributed by atoms with Gasteiger partial charge in [-0.2, -0.15) is 0 Å². The van der Waals surface area contributed by atoms with Gasteiger partial charge in [-0.05, 0) is 19.3 Å². The molecule has 40 heavy (non-hydrogen) atoms. The monoisotopic (exact) mass is 597 g/mol. The lowest BCUT2D eigenvalue weighted by molar-refractivity contribution is -0.303. The van der Waals surface area contributed by atoms with Crippen molar-refractivity contribution in [2.75, 3.05) is 19.1 Å². The smallest absolute Gasteiger partial charge is 0.220 e. The first kappa shape index (κ1) is 37.5. The fraction of sp³-hybridized carbons (Fsp3) is 0.966.